The van der Waals surface area contributed by atoms with Gasteiger partial charge in [-0.1, -0.05) is 23.2 Å². The Morgan fingerprint density at radius 1 is 1.47 bits per heavy atom. The fraction of sp³-hybridized carbons (Fsp3) is 0.444. The van der Waals surface area contributed by atoms with Crippen LogP contribution in [-0.2, 0) is 14.8 Å². The molecule has 1 saturated heterocycles. The Bertz CT molecular complexity index is 521. The van der Waals surface area contributed by atoms with Crippen molar-refractivity contribution in [2.45, 2.75) is 23.1 Å². The lowest BCUT2D eigenvalue weighted by atomic mass is 10.2. The largest absolute Gasteiger partial charge is 0.289 e. The molecule has 1 aliphatic heterocycles. The Morgan fingerprint density at radius 3 is 2.71 bits per heavy atom. The number of carbonyl (C=O) groups excluding carboxylic acids is 1. The maximum atomic E-state index is 12.2. The molecule has 1 aromatic rings. The quantitative estimate of drug-likeness (QED) is 0.860. The second-order valence-corrected chi connectivity index (χ2v) is 7.76. The maximum Gasteiger partial charge on any atom is 0.253 e. The summed E-state index contributed by atoms with van der Waals surface area (Å²) in [6.07, 6.45) is 2.91. The summed E-state index contributed by atoms with van der Waals surface area (Å²) < 4.78 is 25.9. The third-order valence-corrected chi connectivity index (χ3v) is 6.75. The molecule has 1 fully saturated rings. The number of halogens is 2. The van der Waals surface area contributed by atoms with Gasteiger partial charge in [-0.05, 0) is 18.9 Å². The van der Waals surface area contributed by atoms with Crippen molar-refractivity contribution < 1.29 is 13.2 Å². The first-order valence-corrected chi connectivity index (χ1v) is 7.82. The van der Waals surface area contributed by atoms with Crippen LogP contribution in [-0.4, -0.2) is 31.6 Å². The molecule has 2 heterocycles. The van der Waals surface area contributed by atoms with Crippen molar-refractivity contribution in [1.29, 1.82) is 0 Å². The van der Waals surface area contributed by atoms with E-state index in [4.69, 9.17) is 23.2 Å². The Morgan fingerprint density at radius 2 is 2.18 bits per heavy atom. The molecule has 1 aromatic heterocycles. The van der Waals surface area contributed by atoms with Crippen LogP contribution in [0.5, 0.6) is 0 Å². The molecule has 0 spiro atoms. The van der Waals surface area contributed by atoms with E-state index in [1.807, 2.05) is 0 Å². The number of sulfonamides is 1. The third kappa shape index (κ3) is 2.37. The normalized spacial score (nSPS) is 21.9. The lowest BCUT2D eigenvalue weighted by molar-refractivity contribution is 0.428. The van der Waals surface area contributed by atoms with Crippen LogP contribution in [0.15, 0.2) is 10.3 Å². The van der Waals surface area contributed by atoms with Crippen molar-refractivity contribution in [2.75, 3.05) is 6.54 Å². The number of thiophene rings is 1. The van der Waals surface area contributed by atoms with E-state index in [1.54, 1.807) is 6.29 Å². The zero-order chi connectivity index (χ0) is 12.6. The maximum absolute atomic E-state index is 12.2. The van der Waals surface area contributed by atoms with Crippen molar-refractivity contribution in [1.82, 2.24) is 4.31 Å². The van der Waals surface area contributed by atoms with Crippen LogP contribution < -0.4 is 0 Å². The van der Waals surface area contributed by atoms with Crippen LogP contribution in [0.4, 0.5) is 0 Å². The smallest absolute Gasteiger partial charge is 0.253 e. The summed E-state index contributed by atoms with van der Waals surface area (Å²) in [4.78, 5) is 10.7. The molecule has 0 amide bonds. The summed E-state index contributed by atoms with van der Waals surface area (Å²) in [6.45, 7) is 0.329. The summed E-state index contributed by atoms with van der Waals surface area (Å²) in [5.41, 5.74) is 0. The second kappa shape index (κ2) is 4.85. The van der Waals surface area contributed by atoms with Gasteiger partial charge in [0.05, 0.1) is 11.1 Å². The van der Waals surface area contributed by atoms with E-state index in [1.165, 1.54) is 6.07 Å². The van der Waals surface area contributed by atoms with Crippen molar-refractivity contribution in [3.63, 3.8) is 0 Å². The standard InChI is InChI=1S/C9H8Cl2NO3S2/c10-7-4-8(16-9(7)11)17(14,15)12-3-1-2-6(12)5-13/h4,6H,1-3H2/t6-/m0/s1. The molecule has 4 nitrogen and oxygen atoms in total. The van der Waals surface area contributed by atoms with Gasteiger partial charge in [-0.2, -0.15) is 4.31 Å². The van der Waals surface area contributed by atoms with Crippen molar-refractivity contribution >= 4 is 50.8 Å². The van der Waals surface area contributed by atoms with E-state index >= 15 is 0 Å². The summed E-state index contributed by atoms with van der Waals surface area (Å²) in [5, 5.41) is 0.209. The zero-order valence-corrected chi connectivity index (χ0v) is 11.7. The van der Waals surface area contributed by atoms with E-state index in [2.05, 4.69) is 0 Å². The average Bonchev–Trinajstić information content (AvgIpc) is 2.86. The minimum absolute atomic E-state index is 0.0645. The Hall–Kier alpha value is -0.140. The van der Waals surface area contributed by atoms with Gasteiger partial charge in [-0.25, -0.2) is 8.42 Å². The van der Waals surface area contributed by atoms with Gasteiger partial charge in [0.15, 0.2) is 0 Å². The fourth-order valence-corrected chi connectivity index (χ4v) is 5.33. The Balaban J connectivity index is 2.39. The number of rotatable bonds is 3. The Kier molecular flexibility index (Phi) is 3.80. The molecule has 8 heteroatoms. The van der Waals surface area contributed by atoms with E-state index < -0.39 is 16.1 Å². The molecule has 1 atom stereocenters. The Labute approximate surface area is 113 Å². The molecule has 93 valence electrons. The first-order chi connectivity index (χ1) is 7.96. The molecule has 0 saturated carbocycles. The van der Waals surface area contributed by atoms with Crippen LogP contribution in [0.25, 0.3) is 0 Å². The molecule has 0 bridgehead atoms. The molecule has 0 unspecified atom stereocenters. The van der Waals surface area contributed by atoms with Gasteiger partial charge >= 0.3 is 0 Å². The predicted octanol–water partition coefficient (Wildman–Crippen LogP) is 2.32. The lowest BCUT2D eigenvalue weighted by Gasteiger charge is -2.17. The molecular weight excluding hydrogens is 305 g/mol. The number of hydrogen-bond donors (Lipinski definition) is 0. The molecule has 1 radical (unpaired) electrons. The number of hydrogen-bond acceptors (Lipinski definition) is 4. The van der Waals surface area contributed by atoms with Gasteiger partial charge in [0, 0.05) is 6.54 Å². The molecule has 0 N–H and O–H groups in total. The van der Waals surface area contributed by atoms with Crippen molar-refractivity contribution in [2.24, 2.45) is 0 Å². The van der Waals surface area contributed by atoms with E-state index in [9.17, 15) is 13.2 Å². The van der Waals surface area contributed by atoms with E-state index in [0.717, 1.165) is 15.6 Å². The molecular formula is C9H8Cl2NO3S2. The van der Waals surface area contributed by atoms with Crippen LogP contribution in [0.3, 0.4) is 0 Å². The van der Waals surface area contributed by atoms with Gasteiger partial charge in [-0.3, -0.25) is 4.79 Å². The minimum atomic E-state index is -3.68. The highest BCUT2D eigenvalue weighted by molar-refractivity contribution is 7.91. The molecule has 2 rings (SSSR count). The highest BCUT2D eigenvalue weighted by Gasteiger charge is 2.36. The van der Waals surface area contributed by atoms with E-state index in [-0.39, 0.29) is 13.6 Å². The van der Waals surface area contributed by atoms with Gasteiger partial charge in [-0.15, -0.1) is 11.3 Å². The lowest BCUT2D eigenvalue weighted by Crippen LogP contribution is -2.35. The average molecular weight is 313 g/mol. The van der Waals surface area contributed by atoms with Gasteiger partial charge in [0.2, 0.25) is 6.29 Å². The molecule has 0 aliphatic carbocycles. The van der Waals surface area contributed by atoms with E-state index in [0.29, 0.717) is 19.4 Å². The summed E-state index contributed by atoms with van der Waals surface area (Å²) in [6, 6.07) is 0.615. The zero-order valence-electron chi connectivity index (χ0n) is 8.52. The molecule has 0 aromatic carbocycles. The van der Waals surface area contributed by atoms with Crippen molar-refractivity contribution in [3.05, 3.63) is 15.4 Å². The fourth-order valence-electron chi connectivity index (χ4n) is 1.72. The monoisotopic (exact) mass is 312 g/mol. The first-order valence-electron chi connectivity index (χ1n) is 4.81. The van der Waals surface area contributed by atoms with Crippen LogP contribution in [0.2, 0.25) is 9.36 Å². The highest BCUT2D eigenvalue weighted by Crippen LogP contribution is 2.37. The van der Waals surface area contributed by atoms with Gasteiger partial charge in [0.25, 0.3) is 10.0 Å². The summed E-state index contributed by atoms with van der Waals surface area (Å²) >= 11 is 12.4. The minimum Gasteiger partial charge on any atom is -0.289 e. The molecule has 17 heavy (non-hydrogen) atoms. The first kappa shape index (κ1) is 13.3. The SMILES string of the molecule is O=[C][C@@H]1CCCN1S(=O)(=O)c1cc(Cl)c(Cl)s1. The van der Waals surface area contributed by atoms with Crippen molar-refractivity contribution in [3.8, 4) is 0 Å². The van der Waals surface area contributed by atoms with Gasteiger partial charge < -0.3 is 0 Å². The predicted molar refractivity (Wildman–Crippen MR) is 66.9 cm³/mol. The highest BCUT2D eigenvalue weighted by atomic mass is 35.5. The third-order valence-electron chi connectivity index (χ3n) is 2.53. The van der Waals surface area contributed by atoms with Crippen LogP contribution in [0, 0.1) is 0 Å². The number of nitrogens with zero attached hydrogens (tertiary/aromatic N) is 1. The second-order valence-electron chi connectivity index (χ2n) is 3.58. The summed E-state index contributed by atoms with van der Waals surface area (Å²) in [7, 11) is -3.68. The molecule has 1 aliphatic rings. The topological polar surface area (TPSA) is 54.5 Å². The summed E-state index contributed by atoms with van der Waals surface area (Å²) in [5.74, 6) is 0. The van der Waals surface area contributed by atoms with Gasteiger partial charge in [0.1, 0.15) is 8.55 Å². The van der Waals surface area contributed by atoms with Crippen LogP contribution >= 0.6 is 34.5 Å². The van der Waals surface area contributed by atoms with Crippen LogP contribution in [0.1, 0.15) is 12.8 Å².